The normalized spacial score (nSPS) is 11.7. The van der Waals surface area contributed by atoms with Crippen LogP contribution in [0.3, 0.4) is 0 Å². The number of hydrogen-bond acceptors (Lipinski definition) is 6. The van der Waals surface area contributed by atoms with Crippen molar-refractivity contribution in [2.45, 2.75) is 19.9 Å². The van der Waals surface area contributed by atoms with Gasteiger partial charge in [0.15, 0.2) is 11.5 Å². The van der Waals surface area contributed by atoms with Gasteiger partial charge in [0.05, 0.1) is 27.5 Å². The van der Waals surface area contributed by atoms with E-state index < -0.39 is 6.04 Å². The number of para-hydroxylation sites is 1. The lowest BCUT2D eigenvalue weighted by molar-refractivity contribution is -0.121. The molecule has 2 aromatic rings. The van der Waals surface area contributed by atoms with Crippen LogP contribution in [0.2, 0.25) is 0 Å². The summed E-state index contributed by atoms with van der Waals surface area (Å²) in [4.78, 5) is 12.2. The largest absolute Gasteiger partial charge is 0.493 e. The van der Waals surface area contributed by atoms with Gasteiger partial charge in [-0.2, -0.15) is 5.10 Å². The predicted octanol–water partition coefficient (Wildman–Crippen LogP) is 2.97. The number of rotatable bonds is 8. The molecular formula is C20H25N3O4. The van der Waals surface area contributed by atoms with Gasteiger partial charge in [-0.25, -0.2) is 5.43 Å². The number of anilines is 1. The maximum atomic E-state index is 12.2. The number of nitrogens with zero attached hydrogens (tertiary/aromatic N) is 1. The number of nitrogens with one attached hydrogen (secondary N) is 2. The van der Waals surface area contributed by atoms with Crippen LogP contribution in [0.5, 0.6) is 17.2 Å². The molecule has 7 heteroatoms. The van der Waals surface area contributed by atoms with Gasteiger partial charge in [0.2, 0.25) is 5.75 Å². The maximum absolute atomic E-state index is 12.2. The molecule has 0 unspecified atom stereocenters. The van der Waals surface area contributed by atoms with Gasteiger partial charge in [0.1, 0.15) is 6.04 Å². The summed E-state index contributed by atoms with van der Waals surface area (Å²) in [7, 11) is 4.62. The number of ether oxygens (including phenoxy) is 3. The molecular weight excluding hydrogens is 346 g/mol. The number of methoxy groups -OCH3 is 3. The minimum absolute atomic E-state index is 0.248. The van der Waals surface area contributed by atoms with Gasteiger partial charge in [-0.1, -0.05) is 18.2 Å². The smallest absolute Gasteiger partial charge is 0.262 e. The Hall–Kier alpha value is -3.22. The molecule has 0 bridgehead atoms. The lowest BCUT2D eigenvalue weighted by atomic mass is 10.2. The van der Waals surface area contributed by atoms with Crippen LogP contribution in [0.1, 0.15) is 18.1 Å². The lowest BCUT2D eigenvalue weighted by Gasteiger charge is -2.15. The van der Waals surface area contributed by atoms with E-state index in [1.807, 2.05) is 31.2 Å². The third kappa shape index (κ3) is 5.13. The fourth-order valence-electron chi connectivity index (χ4n) is 2.48. The summed E-state index contributed by atoms with van der Waals surface area (Å²) in [5, 5.41) is 7.18. The third-order valence-electron chi connectivity index (χ3n) is 3.99. The molecule has 1 atom stereocenters. The Morgan fingerprint density at radius 3 is 2.26 bits per heavy atom. The zero-order valence-electron chi connectivity index (χ0n) is 16.2. The van der Waals surface area contributed by atoms with Gasteiger partial charge < -0.3 is 19.5 Å². The number of benzene rings is 2. The summed E-state index contributed by atoms with van der Waals surface area (Å²) in [6, 6.07) is 10.8. The van der Waals surface area contributed by atoms with Crippen molar-refractivity contribution < 1.29 is 19.0 Å². The van der Waals surface area contributed by atoms with E-state index in [0.29, 0.717) is 22.8 Å². The summed E-state index contributed by atoms with van der Waals surface area (Å²) >= 11 is 0. The molecule has 0 saturated heterocycles. The number of carbonyl (C=O) groups excluding carboxylic acids is 1. The first-order valence-electron chi connectivity index (χ1n) is 8.45. The van der Waals surface area contributed by atoms with Crippen LogP contribution >= 0.6 is 0 Å². The van der Waals surface area contributed by atoms with Crippen LogP contribution in [0.25, 0.3) is 0 Å². The van der Waals surface area contributed by atoms with E-state index >= 15 is 0 Å². The topological polar surface area (TPSA) is 81.2 Å². The highest BCUT2D eigenvalue weighted by Gasteiger charge is 2.14. The molecule has 27 heavy (non-hydrogen) atoms. The number of hydrazone groups is 1. The first-order chi connectivity index (χ1) is 13.0. The molecule has 0 aliphatic rings. The van der Waals surface area contributed by atoms with Gasteiger partial charge in [0.25, 0.3) is 5.91 Å². The highest BCUT2D eigenvalue weighted by Crippen LogP contribution is 2.37. The molecule has 7 nitrogen and oxygen atoms in total. The molecule has 144 valence electrons. The Morgan fingerprint density at radius 2 is 1.70 bits per heavy atom. The van der Waals surface area contributed by atoms with Crippen LogP contribution < -0.4 is 25.0 Å². The molecule has 2 rings (SSSR count). The zero-order chi connectivity index (χ0) is 19.8. The van der Waals surface area contributed by atoms with E-state index in [9.17, 15) is 4.79 Å². The molecule has 0 spiro atoms. The lowest BCUT2D eigenvalue weighted by Crippen LogP contribution is -2.35. The summed E-state index contributed by atoms with van der Waals surface area (Å²) in [6.45, 7) is 3.76. The molecule has 0 heterocycles. The standard InChI is InChI=1S/C20H25N3O4/c1-13-8-6-7-9-16(13)22-14(2)20(24)23-21-12-15-10-17(25-3)19(27-5)18(11-15)26-4/h6-12,14,22H,1-5H3,(H,23,24)/b21-12-/t14-/m1/s1. The van der Waals surface area contributed by atoms with Gasteiger partial charge in [-0.05, 0) is 37.6 Å². The quantitative estimate of drug-likeness (QED) is 0.551. The van der Waals surface area contributed by atoms with Crippen LogP contribution in [-0.4, -0.2) is 39.5 Å². The van der Waals surface area contributed by atoms with Crippen molar-refractivity contribution in [2.24, 2.45) is 5.10 Å². The summed E-state index contributed by atoms with van der Waals surface area (Å²) in [6.07, 6.45) is 1.52. The highest BCUT2D eigenvalue weighted by atomic mass is 16.5. The van der Waals surface area contributed by atoms with Crippen LogP contribution in [0.15, 0.2) is 41.5 Å². The summed E-state index contributed by atoms with van der Waals surface area (Å²) in [5.41, 5.74) is 5.21. The minimum atomic E-state index is -0.441. The Labute approximate surface area is 159 Å². The number of carbonyl (C=O) groups is 1. The van der Waals surface area contributed by atoms with Crippen molar-refractivity contribution >= 4 is 17.8 Å². The Morgan fingerprint density at radius 1 is 1.07 bits per heavy atom. The van der Waals surface area contributed by atoms with E-state index in [4.69, 9.17) is 14.2 Å². The molecule has 0 radical (unpaired) electrons. The first-order valence-corrected chi connectivity index (χ1v) is 8.45. The average molecular weight is 371 g/mol. The Bertz CT molecular complexity index is 796. The summed E-state index contributed by atoms with van der Waals surface area (Å²) < 4.78 is 15.9. The molecule has 1 amide bonds. The van der Waals surface area contributed by atoms with E-state index in [-0.39, 0.29) is 5.91 Å². The van der Waals surface area contributed by atoms with Crippen molar-refractivity contribution in [2.75, 3.05) is 26.6 Å². The average Bonchev–Trinajstić information content (AvgIpc) is 2.68. The molecule has 0 aliphatic carbocycles. The van der Waals surface area contributed by atoms with Crippen molar-refractivity contribution in [1.82, 2.24) is 5.43 Å². The second kappa shape index (κ2) is 9.47. The van der Waals surface area contributed by atoms with Crippen LogP contribution in [0.4, 0.5) is 5.69 Å². The Balaban J connectivity index is 2.04. The molecule has 2 N–H and O–H groups in total. The predicted molar refractivity (Wildman–Crippen MR) is 106 cm³/mol. The van der Waals surface area contributed by atoms with Gasteiger partial charge in [-0.15, -0.1) is 0 Å². The van der Waals surface area contributed by atoms with E-state index in [2.05, 4.69) is 15.8 Å². The van der Waals surface area contributed by atoms with Gasteiger partial charge >= 0.3 is 0 Å². The van der Waals surface area contributed by atoms with E-state index in [1.165, 1.54) is 13.3 Å². The molecule has 0 aliphatic heterocycles. The van der Waals surface area contributed by atoms with Gasteiger partial charge in [0, 0.05) is 11.3 Å². The molecule has 2 aromatic carbocycles. The third-order valence-corrected chi connectivity index (χ3v) is 3.99. The minimum Gasteiger partial charge on any atom is -0.493 e. The van der Waals surface area contributed by atoms with Crippen molar-refractivity contribution in [1.29, 1.82) is 0 Å². The molecule has 0 fully saturated rings. The Kier molecular flexibility index (Phi) is 7.05. The second-order valence-electron chi connectivity index (χ2n) is 5.87. The van der Waals surface area contributed by atoms with E-state index in [1.54, 1.807) is 33.3 Å². The van der Waals surface area contributed by atoms with E-state index in [0.717, 1.165) is 11.3 Å². The molecule has 0 aromatic heterocycles. The number of aryl methyl sites for hydroxylation is 1. The maximum Gasteiger partial charge on any atom is 0.262 e. The zero-order valence-corrected chi connectivity index (χ0v) is 16.2. The number of amides is 1. The summed E-state index contributed by atoms with van der Waals surface area (Å²) in [5.74, 6) is 1.28. The molecule has 0 saturated carbocycles. The van der Waals surface area contributed by atoms with Gasteiger partial charge in [-0.3, -0.25) is 4.79 Å². The van der Waals surface area contributed by atoms with Crippen LogP contribution in [0, 0.1) is 6.92 Å². The highest BCUT2D eigenvalue weighted by molar-refractivity contribution is 5.87. The monoisotopic (exact) mass is 371 g/mol. The number of hydrogen-bond donors (Lipinski definition) is 2. The fraction of sp³-hybridized carbons (Fsp3) is 0.300. The SMILES string of the molecule is COc1cc(/C=N\NC(=O)[C@@H](C)Nc2ccccc2C)cc(OC)c1OC. The fourth-order valence-corrected chi connectivity index (χ4v) is 2.48. The van der Waals surface area contributed by atoms with Crippen molar-refractivity contribution in [3.05, 3.63) is 47.5 Å². The van der Waals surface area contributed by atoms with Crippen molar-refractivity contribution in [3.8, 4) is 17.2 Å². The van der Waals surface area contributed by atoms with Crippen molar-refractivity contribution in [3.63, 3.8) is 0 Å². The second-order valence-corrected chi connectivity index (χ2v) is 5.87. The van der Waals surface area contributed by atoms with Crippen LogP contribution in [-0.2, 0) is 4.79 Å². The first kappa shape index (κ1) is 20.1.